The topological polar surface area (TPSA) is 0 Å². The molecule has 0 amide bonds. The van der Waals surface area contributed by atoms with Crippen molar-refractivity contribution in [2.45, 2.75) is 132 Å². The van der Waals surface area contributed by atoms with Crippen molar-refractivity contribution in [3.05, 3.63) is 11.6 Å². The van der Waals surface area contributed by atoms with E-state index in [1.54, 1.807) is 0 Å². The fraction of sp³-hybridized carbons (Fsp3) is 0.935. The van der Waals surface area contributed by atoms with Crippen LogP contribution < -0.4 is 0 Å². The van der Waals surface area contributed by atoms with Crippen molar-refractivity contribution in [2.24, 2.45) is 52.3 Å². The maximum absolute atomic E-state index is 2.75. The molecule has 3 unspecified atom stereocenters. The molecular weight excluding hydrogens is 372 g/mol. The van der Waals surface area contributed by atoms with E-state index in [-0.39, 0.29) is 0 Å². The Morgan fingerprint density at radius 3 is 2.39 bits per heavy atom. The first-order valence-corrected chi connectivity index (χ1v) is 14.4. The lowest BCUT2D eigenvalue weighted by atomic mass is 9.47. The van der Waals surface area contributed by atoms with Crippen molar-refractivity contribution < 1.29 is 0 Å². The standard InChI is InChI=1S/C29H50.C2H6/c1-20(2)8-7-9-21(3)18-24-11-13-26-25-12-10-23-19-22(4)14-16-28(23,5)27(25)15-17-29(24,26)6;1-2/h10,20-22,24-27H,7-9,11-19H2,1-6H3;1-2H3/t21-,22+,24-,25?,26?,27?,28+,29-;/m1./s1. The molecule has 180 valence electrons. The van der Waals surface area contributed by atoms with Crippen molar-refractivity contribution in [3.63, 3.8) is 0 Å². The smallest absolute Gasteiger partial charge is 0.00851 e. The fourth-order valence-corrected chi connectivity index (χ4v) is 8.82. The first kappa shape index (κ1) is 25.4. The molecule has 31 heavy (non-hydrogen) atoms. The first-order chi connectivity index (χ1) is 14.7. The van der Waals surface area contributed by atoms with Gasteiger partial charge in [-0.15, -0.1) is 0 Å². The second kappa shape index (κ2) is 10.3. The van der Waals surface area contributed by atoms with Gasteiger partial charge in [-0.25, -0.2) is 0 Å². The summed E-state index contributed by atoms with van der Waals surface area (Å²) < 4.78 is 0. The van der Waals surface area contributed by atoms with Gasteiger partial charge in [0.15, 0.2) is 0 Å². The zero-order valence-electron chi connectivity index (χ0n) is 22.6. The van der Waals surface area contributed by atoms with Gasteiger partial charge in [0.1, 0.15) is 0 Å². The lowest BCUT2D eigenvalue weighted by Gasteiger charge is -2.58. The van der Waals surface area contributed by atoms with Gasteiger partial charge in [-0.3, -0.25) is 0 Å². The minimum absolute atomic E-state index is 0.555. The van der Waals surface area contributed by atoms with Crippen LogP contribution >= 0.6 is 0 Å². The molecule has 4 rings (SSSR count). The first-order valence-electron chi connectivity index (χ1n) is 14.4. The molecule has 0 saturated heterocycles. The number of fused-ring (bicyclic) bond motifs is 5. The largest absolute Gasteiger partial charge is 0.0845 e. The Bertz CT molecular complexity index is 599. The molecule has 0 nitrogen and oxygen atoms in total. The summed E-state index contributed by atoms with van der Waals surface area (Å²) in [5.74, 6) is 6.75. The van der Waals surface area contributed by atoms with Crippen LogP contribution in [0.4, 0.5) is 0 Å². The van der Waals surface area contributed by atoms with Gasteiger partial charge in [0.25, 0.3) is 0 Å². The van der Waals surface area contributed by atoms with E-state index < -0.39 is 0 Å². The van der Waals surface area contributed by atoms with Crippen LogP contribution in [-0.4, -0.2) is 0 Å². The summed E-state index contributed by atoms with van der Waals surface area (Å²) in [5, 5.41) is 0. The quantitative estimate of drug-likeness (QED) is 0.369. The predicted molar refractivity (Wildman–Crippen MR) is 138 cm³/mol. The van der Waals surface area contributed by atoms with Gasteiger partial charge in [-0.2, -0.15) is 0 Å². The molecule has 0 aromatic rings. The van der Waals surface area contributed by atoms with Gasteiger partial charge in [0.2, 0.25) is 0 Å². The highest BCUT2D eigenvalue weighted by Gasteiger charge is 2.58. The Labute approximate surface area is 196 Å². The fourth-order valence-electron chi connectivity index (χ4n) is 8.82. The molecule has 8 atom stereocenters. The molecule has 0 aromatic carbocycles. The Hall–Kier alpha value is -0.260. The number of rotatable bonds is 6. The average Bonchev–Trinajstić information content (AvgIpc) is 3.06. The zero-order chi connectivity index (χ0) is 22.8. The third kappa shape index (κ3) is 4.99. The van der Waals surface area contributed by atoms with Crippen LogP contribution in [0.5, 0.6) is 0 Å². The van der Waals surface area contributed by atoms with Crippen LogP contribution in [-0.2, 0) is 0 Å². The Balaban J connectivity index is 0.00000132. The second-order valence-electron chi connectivity index (χ2n) is 13.1. The molecule has 0 bridgehead atoms. The van der Waals surface area contributed by atoms with Gasteiger partial charge in [0.05, 0.1) is 0 Å². The van der Waals surface area contributed by atoms with E-state index in [9.17, 15) is 0 Å². The van der Waals surface area contributed by atoms with Gasteiger partial charge in [-0.05, 0) is 110 Å². The van der Waals surface area contributed by atoms with E-state index in [1.807, 2.05) is 19.4 Å². The normalized spacial score (nSPS) is 42.6. The number of allylic oxidation sites excluding steroid dienone is 2. The van der Waals surface area contributed by atoms with Gasteiger partial charge in [0, 0.05) is 0 Å². The van der Waals surface area contributed by atoms with Gasteiger partial charge >= 0.3 is 0 Å². The molecule has 4 aliphatic rings. The van der Waals surface area contributed by atoms with Crippen LogP contribution in [0.3, 0.4) is 0 Å². The summed E-state index contributed by atoms with van der Waals surface area (Å²) in [4.78, 5) is 0. The van der Waals surface area contributed by atoms with Crippen molar-refractivity contribution >= 4 is 0 Å². The van der Waals surface area contributed by atoms with E-state index in [4.69, 9.17) is 0 Å². The molecule has 3 saturated carbocycles. The number of hydrogen-bond acceptors (Lipinski definition) is 0. The Morgan fingerprint density at radius 2 is 1.68 bits per heavy atom. The predicted octanol–water partition coefficient (Wildman–Crippen LogP) is 10.1. The third-order valence-corrected chi connectivity index (χ3v) is 10.7. The van der Waals surface area contributed by atoms with Crippen molar-refractivity contribution in [1.29, 1.82) is 0 Å². The Kier molecular flexibility index (Phi) is 8.46. The van der Waals surface area contributed by atoms with E-state index in [0.29, 0.717) is 10.8 Å². The second-order valence-corrected chi connectivity index (χ2v) is 13.1. The molecule has 0 aromatic heterocycles. The van der Waals surface area contributed by atoms with Crippen LogP contribution in [0.25, 0.3) is 0 Å². The summed E-state index contributed by atoms with van der Waals surface area (Å²) >= 11 is 0. The SMILES string of the molecule is CC.CC(C)CCC[C@@H](C)C[C@H]1CCC2C3CC=C4C[C@@H](C)CC[C@]4(C)C3CC[C@@]21C. The van der Waals surface area contributed by atoms with E-state index >= 15 is 0 Å². The van der Waals surface area contributed by atoms with Crippen LogP contribution in [0.15, 0.2) is 11.6 Å². The molecule has 0 radical (unpaired) electrons. The maximum atomic E-state index is 2.75. The molecule has 0 N–H and O–H groups in total. The summed E-state index contributed by atoms with van der Waals surface area (Å²) in [7, 11) is 0. The maximum Gasteiger partial charge on any atom is -0.00851 e. The van der Waals surface area contributed by atoms with Crippen molar-refractivity contribution in [3.8, 4) is 0 Å². The summed E-state index contributed by atoms with van der Waals surface area (Å²) in [6.07, 6.45) is 20.5. The highest BCUT2D eigenvalue weighted by atomic mass is 14.6. The van der Waals surface area contributed by atoms with E-state index in [1.165, 1.54) is 77.0 Å². The summed E-state index contributed by atoms with van der Waals surface area (Å²) in [6.45, 7) is 19.2. The molecule has 0 heterocycles. The zero-order valence-corrected chi connectivity index (χ0v) is 22.6. The Morgan fingerprint density at radius 1 is 0.935 bits per heavy atom. The molecule has 4 aliphatic carbocycles. The average molecular weight is 429 g/mol. The molecule has 0 heteroatoms. The monoisotopic (exact) mass is 428 g/mol. The summed E-state index contributed by atoms with van der Waals surface area (Å²) in [6, 6.07) is 0. The highest BCUT2D eigenvalue weighted by molar-refractivity contribution is 5.25. The molecular formula is C31H56. The van der Waals surface area contributed by atoms with Crippen LogP contribution in [0.2, 0.25) is 0 Å². The van der Waals surface area contributed by atoms with Gasteiger partial charge in [-0.1, -0.05) is 86.3 Å². The summed E-state index contributed by atoms with van der Waals surface area (Å²) in [5.41, 5.74) is 3.07. The molecule has 3 fully saturated rings. The third-order valence-electron chi connectivity index (χ3n) is 10.7. The van der Waals surface area contributed by atoms with Crippen molar-refractivity contribution in [2.75, 3.05) is 0 Å². The highest BCUT2D eigenvalue weighted by Crippen LogP contribution is 2.67. The number of hydrogen-bond donors (Lipinski definition) is 0. The lowest BCUT2D eigenvalue weighted by molar-refractivity contribution is -0.0467. The van der Waals surface area contributed by atoms with Crippen LogP contribution in [0.1, 0.15) is 132 Å². The lowest BCUT2D eigenvalue weighted by Crippen LogP contribution is -2.50. The van der Waals surface area contributed by atoms with E-state index in [2.05, 4.69) is 47.6 Å². The molecule has 0 aliphatic heterocycles. The van der Waals surface area contributed by atoms with Crippen molar-refractivity contribution in [1.82, 2.24) is 0 Å². The minimum Gasteiger partial charge on any atom is -0.0845 e. The van der Waals surface area contributed by atoms with E-state index in [0.717, 1.165) is 41.4 Å². The minimum atomic E-state index is 0.555. The van der Waals surface area contributed by atoms with Crippen LogP contribution in [0, 0.1) is 52.3 Å². The molecule has 0 spiro atoms. The van der Waals surface area contributed by atoms with Gasteiger partial charge < -0.3 is 0 Å².